The predicted octanol–water partition coefficient (Wildman–Crippen LogP) is 7.36. The Kier molecular flexibility index (Phi) is 10.9. The molecule has 0 amide bonds. The molecule has 55 heavy (non-hydrogen) atoms. The molecule has 1 aromatic heterocycles. The average Bonchev–Trinajstić information content (AvgIpc) is 3.95. The van der Waals surface area contributed by atoms with Crippen LogP contribution >= 0.6 is 0 Å². The van der Waals surface area contributed by atoms with E-state index in [1.807, 2.05) is 12.5 Å². The fourth-order valence-electron chi connectivity index (χ4n) is 10.9. The van der Waals surface area contributed by atoms with Crippen LogP contribution in [0.5, 0.6) is 0 Å². The first-order chi connectivity index (χ1) is 25.6. The maximum Gasteiger partial charge on any atom is -1.00 e. The molecule has 3 aliphatic rings. The molecule has 0 fully saturated rings. The van der Waals surface area contributed by atoms with Crippen molar-refractivity contribution in [3.05, 3.63) is 181 Å². The number of halogens is 2. The zero-order valence-corrected chi connectivity index (χ0v) is 37.2. The Morgan fingerprint density at radius 3 is 1.96 bits per heavy atom. The van der Waals surface area contributed by atoms with Gasteiger partial charge in [0.15, 0.2) is 0 Å². The number of hydrogen-bond donors (Lipinski definition) is 0. The number of allylic oxidation sites excluding steroid dienone is 4. The molecule has 0 aliphatic heterocycles. The Bertz CT molecular complexity index is 2480. The Morgan fingerprint density at radius 1 is 0.727 bits per heavy atom. The minimum atomic E-state index is -3.14. The van der Waals surface area contributed by atoms with Crippen LogP contribution in [0, 0.1) is 32.6 Å². The molecule has 0 saturated carbocycles. The van der Waals surface area contributed by atoms with Gasteiger partial charge in [-0.15, -0.1) is 0 Å². The van der Waals surface area contributed by atoms with Crippen molar-refractivity contribution >= 4 is 19.6 Å². The van der Waals surface area contributed by atoms with Gasteiger partial charge in [-0.1, -0.05) is 0 Å². The van der Waals surface area contributed by atoms with E-state index in [1.165, 1.54) is 60.9 Å². The number of furan rings is 1. The summed E-state index contributed by atoms with van der Waals surface area (Å²) in [6.07, 6.45) is 9.68. The van der Waals surface area contributed by atoms with E-state index in [2.05, 4.69) is 165 Å². The molecule has 0 radical (unpaired) electrons. The van der Waals surface area contributed by atoms with Crippen LogP contribution in [0.15, 0.2) is 129 Å². The third kappa shape index (κ3) is 5.84. The van der Waals surface area contributed by atoms with Crippen LogP contribution in [0.25, 0.3) is 27.5 Å². The van der Waals surface area contributed by atoms with Crippen molar-refractivity contribution in [2.24, 2.45) is 11.8 Å². The van der Waals surface area contributed by atoms with E-state index < -0.39 is 21.3 Å². The van der Waals surface area contributed by atoms with Gasteiger partial charge >= 0.3 is 326 Å². The first-order valence-corrected chi connectivity index (χ1v) is 23.3. The second-order valence-electron chi connectivity index (χ2n) is 16.4. The fourth-order valence-corrected chi connectivity index (χ4v) is 21.7. The minimum absolute atomic E-state index is 0. The Balaban J connectivity index is 0.00000233. The Labute approximate surface area is 347 Å². The van der Waals surface area contributed by atoms with Crippen LogP contribution in [-0.2, 0) is 24.4 Å². The third-order valence-corrected chi connectivity index (χ3v) is 23.6. The Morgan fingerprint density at radius 2 is 1.35 bits per heavy atom. The molecule has 0 spiro atoms. The van der Waals surface area contributed by atoms with Crippen LogP contribution in [0.2, 0.25) is 0 Å². The summed E-state index contributed by atoms with van der Waals surface area (Å²) in [5.74, 6) is 1.73. The Hall–Kier alpha value is -3.55. The second-order valence-corrected chi connectivity index (χ2v) is 23.5. The van der Waals surface area contributed by atoms with Crippen molar-refractivity contribution in [1.29, 1.82) is 0 Å². The van der Waals surface area contributed by atoms with Gasteiger partial charge in [-0.3, -0.25) is 0 Å². The number of aryl methyl sites for hydroxylation is 1. The van der Waals surface area contributed by atoms with Crippen LogP contribution in [0.4, 0.5) is 0 Å². The maximum atomic E-state index is 5.80. The molecule has 0 N–H and O–H groups in total. The molecule has 0 bridgehead atoms. The van der Waals surface area contributed by atoms with Crippen LogP contribution in [0.1, 0.15) is 109 Å². The molecule has 3 aliphatic carbocycles. The summed E-state index contributed by atoms with van der Waals surface area (Å²) in [6, 6.07) is 37.1. The molecule has 5 unspecified atom stereocenters. The predicted molar refractivity (Wildman–Crippen MR) is 221 cm³/mol. The van der Waals surface area contributed by atoms with Crippen LogP contribution in [0.3, 0.4) is 0 Å². The average molecular weight is 841 g/mol. The number of hydrogen-bond acceptors (Lipinski definition) is 1. The monoisotopic (exact) mass is 838 g/mol. The molecule has 278 valence electrons. The zero-order chi connectivity index (χ0) is 36.8. The van der Waals surface area contributed by atoms with E-state index >= 15 is 0 Å². The van der Waals surface area contributed by atoms with E-state index in [4.69, 9.17) is 4.42 Å². The standard InChI is InChI=1S/C29H33.C13H10.C9H7O.2ClH.Zr/c1-14-13-24-25(18(5)15(14)2)21(8)28-27-20(7)17(4)16(3)19(6)26(27)22-11-9-10-12-23(22)29(24)28;1-3-7-12(8-4-1)11-13-9-5-2-6-10-13;1-2-4-8(3-1)9-5-6-10-7-9;;;/h9-13,16-17,19,21H,1-8H3;1-10H;1,3,5-7H,2H2;2*1H;/q;;;;;+2/p-2. The molecular weight excluding hydrogens is 791 g/mol. The van der Waals surface area contributed by atoms with Crippen molar-refractivity contribution in [2.75, 3.05) is 0 Å². The van der Waals surface area contributed by atoms with Gasteiger partial charge in [0, 0.05) is 0 Å². The summed E-state index contributed by atoms with van der Waals surface area (Å²) in [7, 11) is 0. The minimum Gasteiger partial charge on any atom is -1.00 e. The van der Waals surface area contributed by atoms with E-state index in [-0.39, 0.29) is 27.9 Å². The van der Waals surface area contributed by atoms with E-state index in [9.17, 15) is 0 Å². The zero-order valence-electron chi connectivity index (χ0n) is 33.2. The van der Waals surface area contributed by atoms with E-state index in [0.717, 1.165) is 6.42 Å². The summed E-state index contributed by atoms with van der Waals surface area (Å²) >= 11 is -3.14. The quantitative estimate of drug-likeness (QED) is 0.177. The van der Waals surface area contributed by atoms with Crippen molar-refractivity contribution in [3.63, 3.8) is 0 Å². The van der Waals surface area contributed by atoms with Crippen LogP contribution < -0.4 is 24.8 Å². The van der Waals surface area contributed by atoms with Gasteiger partial charge in [-0.25, -0.2) is 0 Å². The number of fused-ring (bicyclic) bond motifs is 8. The van der Waals surface area contributed by atoms with Crippen molar-refractivity contribution in [1.82, 2.24) is 0 Å². The summed E-state index contributed by atoms with van der Waals surface area (Å²) < 4.78 is 9.03. The third-order valence-electron chi connectivity index (χ3n) is 14.1. The van der Waals surface area contributed by atoms with E-state index in [0.29, 0.717) is 23.7 Å². The molecule has 9 rings (SSSR count). The van der Waals surface area contributed by atoms with E-state index in [1.54, 1.807) is 28.7 Å². The van der Waals surface area contributed by atoms with Gasteiger partial charge < -0.3 is 24.8 Å². The summed E-state index contributed by atoms with van der Waals surface area (Å²) in [6.45, 7) is 20.1. The maximum absolute atomic E-state index is 5.80. The largest absolute Gasteiger partial charge is 1.00 e. The van der Waals surface area contributed by atoms with Gasteiger partial charge in [0.2, 0.25) is 0 Å². The molecule has 1 heterocycles. The summed E-state index contributed by atoms with van der Waals surface area (Å²) in [5.41, 5.74) is 19.1. The van der Waals surface area contributed by atoms with Crippen molar-refractivity contribution in [2.45, 2.75) is 76.8 Å². The number of rotatable bonds is 5. The van der Waals surface area contributed by atoms with Gasteiger partial charge in [-0.05, 0) is 0 Å². The van der Waals surface area contributed by atoms with Gasteiger partial charge in [-0.2, -0.15) is 0 Å². The number of benzene rings is 5. The molecule has 5 aromatic carbocycles. The smallest absolute Gasteiger partial charge is 1.00 e. The van der Waals surface area contributed by atoms with Gasteiger partial charge in [0.25, 0.3) is 0 Å². The molecule has 0 saturated heterocycles. The topological polar surface area (TPSA) is 13.1 Å². The van der Waals surface area contributed by atoms with Crippen molar-refractivity contribution < 1.29 is 50.5 Å². The molecule has 6 aromatic rings. The van der Waals surface area contributed by atoms with Crippen LogP contribution in [-0.4, -0.2) is 3.21 Å². The molecule has 5 atom stereocenters. The summed E-state index contributed by atoms with van der Waals surface area (Å²) in [5, 5.41) is 2.90. The first kappa shape index (κ1) is 39.7. The van der Waals surface area contributed by atoms with Gasteiger partial charge in [0.1, 0.15) is 0 Å². The SMILES string of the molecule is Cc1cc2c(c(C)c1C)C(C)c1c3c(c4ccccc4c1-2)C(C)C(C)C(C)[C]3(C)[Zr+2]([C]1=C(c2ccoc2)C=CC1)=[C](c1ccccc1)c1ccccc1.[Cl-].[Cl-]. The molecular formula is C51H50Cl2OZr. The first-order valence-electron chi connectivity index (χ1n) is 19.6. The molecule has 1 nitrogen and oxygen atoms in total. The fraction of sp³-hybridized carbons (Fsp3) is 0.275. The second kappa shape index (κ2) is 15.1. The summed E-state index contributed by atoms with van der Waals surface area (Å²) in [4.78, 5) is 0. The normalized spacial score (nSPS) is 21.9. The van der Waals surface area contributed by atoms with Crippen molar-refractivity contribution in [3.8, 4) is 11.1 Å². The van der Waals surface area contributed by atoms with Gasteiger partial charge in [0.05, 0.1) is 0 Å². The molecule has 4 heteroatoms.